The van der Waals surface area contributed by atoms with Crippen LogP contribution in [0, 0.1) is 12.8 Å². The Bertz CT molecular complexity index is 85.5. The van der Waals surface area contributed by atoms with E-state index in [1.54, 1.807) is 20.8 Å². The Balaban J connectivity index is -0.000000180. The molecule has 0 aromatic heterocycles. The van der Waals surface area contributed by atoms with E-state index in [9.17, 15) is 4.79 Å². The van der Waals surface area contributed by atoms with Crippen molar-refractivity contribution in [2.45, 2.75) is 20.8 Å². The van der Waals surface area contributed by atoms with Gasteiger partial charge in [-0.2, -0.15) is 0 Å². The van der Waals surface area contributed by atoms with E-state index in [-0.39, 0.29) is 40.1 Å². The maximum Gasteiger partial charge on any atom is 0.0542 e. The molecule has 0 aromatic carbocycles. The number of hydrogen-bond acceptors (Lipinski definition) is 1. The van der Waals surface area contributed by atoms with Crippen LogP contribution in [0.1, 0.15) is 20.8 Å². The fraction of sp³-hybridized carbons (Fsp3) is 0.667. The SMILES string of the molecule is CC(C)(C)C([NH-])=O.[CH3-].[Y]. The van der Waals surface area contributed by atoms with Gasteiger partial charge in [0.1, 0.15) is 0 Å². The molecule has 0 rings (SSSR count). The zero-order chi connectivity index (χ0) is 6.08. The first-order valence-corrected chi connectivity index (χ1v) is 2.20. The Kier molecular flexibility index (Phi) is 9.71. The molecule has 0 atom stereocenters. The van der Waals surface area contributed by atoms with E-state index >= 15 is 0 Å². The smallest absolute Gasteiger partial charge is 0.0542 e. The molecular weight excluding hydrogens is 191 g/mol. The van der Waals surface area contributed by atoms with Gasteiger partial charge in [0, 0.05) is 38.1 Å². The average Bonchev–Trinajstić information content (AvgIpc) is 1.31. The Labute approximate surface area is 82.5 Å². The number of hydrogen-bond donors (Lipinski definition) is 0. The first-order valence-electron chi connectivity index (χ1n) is 2.20. The molecule has 1 N–H and O–H groups in total. The van der Waals surface area contributed by atoms with Crippen molar-refractivity contribution in [1.82, 2.24) is 0 Å². The fourth-order valence-corrected chi connectivity index (χ4v) is 0. The molecule has 0 aliphatic heterocycles. The summed E-state index contributed by atoms with van der Waals surface area (Å²) in [6.07, 6.45) is 0. The van der Waals surface area contributed by atoms with Crippen LogP contribution in [0.15, 0.2) is 0 Å². The summed E-state index contributed by atoms with van der Waals surface area (Å²) in [5, 5.41) is 0. The number of nitrogens with one attached hydrogen (secondary N) is 1. The number of carbonyl (C=O) groups is 1. The predicted octanol–water partition coefficient (Wildman–Crippen LogP) is 2.06. The van der Waals surface area contributed by atoms with Crippen molar-refractivity contribution >= 4 is 5.91 Å². The van der Waals surface area contributed by atoms with Gasteiger partial charge in [0.15, 0.2) is 0 Å². The molecule has 0 aliphatic carbocycles. The second kappa shape index (κ2) is 5.37. The second-order valence-corrected chi connectivity index (χ2v) is 2.58. The molecule has 2 nitrogen and oxygen atoms in total. The molecule has 0 saturated carbocycles. The van der Waals surface area contributed by atoms with Crippen LogP contribution in [0.5, 0.6) is 0 Å². The molecule has 1 amide bonds. The van der Waals surface area contributed by atoms with Crippen LogP contribution in [0.4, 0.5) is 0 Å². The Morgan fingerprint density at radius 1 is 1.33 bits per heavy atom. The fourth-order valence-electron chi connectivity index (χ4n) is 0. The van der Waals surface area contributed by atoms with Crippen molar-refractivity contribution in [1.29, 1.82) is 0 Å². The van der Waals surface area contributed by atoms with Gasteiger partial charge in [0.25, 0.3) is 0 Å². The van der Waals surface area contributed by atoms with Crippen LogP contribution in [-0.4, -0.2) is 5.91 Å². The molecule has 9 heavy (non-hydrogen) atoms. The first-order chi connectivity index (χ1) is 2.94. The van der Waals surface area contributed by atoms with E-state index in [1.807, 2.05) is 0 Å². The van der Waals surface area contributed by atoms with Crippen LogP contribution in [0.3, 0.4) is 0 Å². The van der Waals surface area contributed by atoms with E-state index in [1.165, 1.54) is 0 Å². The summed E-state index contributed by atoms with van der Waals surface area (Å²) < 4.78 is 0. The third-order valence-corrected chi connectivity index (χ3v) is 0.681. The van der Waals surface area contributed by atoms with Crippen molar-refractivity contribution in [3.8, 4) is 0 Å². The van der Waals surface area contributed by atoms with Gasteiger partial charge in [0.2, 0.25) is 0 Å². The van der Waals surface area contributed by atoms with E-state index in [4.69, 9.17) is 5.73 Å². The monoisotopic (exact) mass is 204 g/mol. The maximum absolute atomic E-state index is 10.1. The van der Waals surface area contributed by atoms with Crippen molar-refractivity contribution in [2.75, 3.05) is 0 Å². The summed E-state index contributed by atoms with van der Waals surface area (Å²) in [6.45, 7) is 5.17. The van der Waals surface area contributed by atoms with Gasteiger partial charge in [-0.05, 0) is 0 Å². The van der Waals surface area contributed by atoms with Gasteiger partial charge in [-0.1, -0.05) is 20.8 Å². The number of carbonyl (C=O) groups excluding carboxylic acids is 1. The van der Waals surface area contributed by atoms with E-state index in [0.717, 1.165) is 0 Å². The normalized spacial score (nSPS) is 8.78. The molecule has 0 bridgehead atoms. The molecule has 0 unspecified atom stereocenters. The first kappa shape index (κ1) is 16.3. The van der Waals surface area contributed by atoms with Crippen LogP contribution < -0.4 is 0 Å². The predicted molar refractivity (Wildman–Crippen MR) is 35.2 cm³/mol. The second-order valence-electron chi connectivity index (χ2n) is 2.58. The third kappa shape index (κ3) is 8.57. The zero-order valence-electron chi connectivity index (χ0n) is 6.49. The Morgan fingerprint density at radius 3 is 1.44 bits per heavy atom. The van der Waals surface area contributed by atoms with E-state index < -0.39 is 11.3 Å². The molecule has 0 aromatic rings. The third-order valence-electron chi connectivity index (χ3n) is 0.681. The van der Waals surface area contributed by atoms with Crippen molar-refractivity contribution in [2.24, 2.45) is 5.41 Å². The summed E-state index contributed by atoms with van der Waals surface area (Å²) in [7, 11) is 0. The summed E-state index contributed by atoms with van der Waals surface area (Å²) in [4.78, 5) is 10.1. The van der Waals surface area contributed by atoms with Gasteiger partial charge < -0.3 is 18.0 Å². The topological polar surface area (TPSA) is 40.9 Å². The Hall–Kier alpha value is 0.574. The number of amides is 1. The minimum Gasteiger partial charge on any atom is -0.667 e. The molecule has 53 valence electrons. The van der Waals surface area contributed by atoms with Crippen molar-refractivity contribution in [3.05, 3.63) is 13.2 Å². The van der Waals surface area contributed by atoms with Gasteiger partial charge in [-0.15, -0.1) is 0 Å². The molecule has 0 heterocycles. The average molecular weight is 204 g/mol. The minimum atomic E-state index is -0.507. The van der Waals surface area contributed by atoms with Crippen molar-refractivity contribution < 1.29 is 37.5 Å². The van der Waals surface area contributed by atoms with E-state index in [0.29, 0.717) is 0 Å². The maximum atomic E-state index is 10.1. The summed E-state index contributed by atoms with van der Waals surface area (Å²) in [5.74, 6) is -0.507. The van der Waals surface area contributed by atoms with Gasteiger partial charge in [-0.25, -0.2) is 0 Å². The van der Waals surface area contributed by atoms with Crippen LogP contribution in [-0.2, 0) is 37.5 Å². The standard InChI is InChI=1S/C5H11NO.CH3.Y/c1-5(2,3)4(6)7;;/h1-3H3,(H2,6,7);1H3;/q;-1;/p-1. The molecule has 0 aliphatic rings. The van der Waals surface area contributed by atoms with Crippen LogP contribution in [0.2, 0.25) is 0 Å². The van der Waals surface area contributed by atoms with E-state index in [2.05, 4.69) is 0 Å². The summed E-state index contributed by atoms with van der Waals surface area (Å²) in [6, 6.07) is 0. The van der Waals surface area contributed by atoms with Gasteiger partial charge in [-0.3, -0.25) is 0 Å². The molecule has 0 fully saturated rings. The van der Waals surface area contributed by atoms with Gasteiger partial charge >= 0.3 is 0 Å². The quantitative estimate of drug-likeness (QED) is 0.556. The molecule has 0 saturated heterocycles. The summed E-state index contributed by atoms with van der Waals surface area (Å²) in [5.41, 5.74) is 6.12. The van der Waals surface area contributed by atoms with Gasteiger partial charge in [0.05, 0.1) is 5.91 Å². The largest absolute Gasteiger partial charge is 0.667 e. The zero-order valence-corrected chi connectivity index (χ0v) is 9.32. The van der Waals surface area contributed by atoms with Crippen molar-refractivity contribution in [3.63, 3.8) is 0 Å². The van der Waals surface area contributed by atoms with Crippen LogP contribution in [0.25, 0.3) is 5.73 Å². The van der Waals surface area contributed by atoms with Crippen LogP contribution >= 0.6 is 0 Å². The minimum absolute atomic E-state index is 0. The molecule has 1 radical (unpaired) electrons. The molecular formula is C6H13NOY-2. The number of rotatable bonds is 0. The summed E-state index contributed by atoms with van der Waals surface area (Å²) >= 11 is 0. The molecule has 3 heteroatoms. The Morgan fingerprint density at radius 2 is 1.44 bits per heavy atom. The molecule has 0 spiro atoms.